The highest BCUT2D eigenvalue weighted by Crippen LogP contribution is 1.92. The van der Waals surface area contributed by atoms with Crippen LogP contribution in [-0.2, 0) is 23.5 Å². The van der Waals surface area contributed by atoms with Crippen LogP contribution in [-0.4, -0.2) is 24.2 Å². The van der Waals surface area contributed by atoms with Gasteiger partial charge in [0.05, 0.1) is 0 Å². The Morgan fingerprint density at radius 3 is 1.35 bits per heavy atom. The molecule has 0 aromatic carbocycles. The molecule has 0 atom stereocenters. The van der Waals surface area contributed by atoms with Crippen molar-refractivity contribution in [3.05, 3.63) is 60.2 Å². The van der Waals surface area contributed by atoms with E-state index >= 15 is 0 Å². The minimum atomic E-state index is -5.17. The number of hydrogen-bond acceptors (Lipinski definition) is 4. The summed E-state index contributed by atoms with van der Waals surface area (Å²) in [6, 6.07) is 8.46. The van der Waals surface area contributed by atoms with E-state index in [0.717, 1.165) is 13.1 Å². The molecule has 0 aliphatic rings. The van der Waals surface area contributed by atoms with E-state index in [4.69, 9.17) is 17.5 Å². The third-order valence-corrected chi connectivity index (χ3v) is 3.55. The Labute approximate surface area is 184 Å². The van der Waals surface area contributed by atoms with Crippen molar-refractivity contribution in [3.63, 3.8) is 0 Å². The summed E-state index contributed by atoms with van der Waals surface area (Å²) in [6.07, 6.45) is 13.7. The maximum atomic E-state index is 9.67. The monoisotopic (exact) mass is 466 g/mol. The van der Waals surface area contributed by atoms with Crippen molar-refractivity contribution < 1.29 is 39.8 Å². The molecule has 0 bridgehead atoms. The predicted octanol–water partition coefficient (Wildman–Crippen LogP) is 4.01. The molecule has 0 radical (unpaired) electrons. The van der Waals surface area contributed by atoms with Gasteiger partial charge in [0.1, 0.15) is 13.1 Å². The number of nitrogens with zero attached hydrogens (tertiary/aromatic N) is 2. The van der Waals surface area contributed by atoms with Crippen molar-refractivity contribution in [1.82, 2.24) is 0 Å². The van der Waals surface area contributed by atoms with Gasteiger partial charge in [0, 0.05) is 46.5 Å². The van der Waals surface area contributed by atoms with Crippen LogP contribution in [0.3, 0.4) is 0 Å². The van der Waals surface area contributed by atoms with Crippen molar-refractivity contribution in [3.8, 4) is 0 Å². The zero-order chi connectivity index (χ0) is 24.3. The Bertz CT molecular complexity index is 746. The van der Waals surface area contributed by atoms with Crippen LogP contribution in [0.4, 0.5) is 13.2 Å². The summed E-state index contributed by atoms with van der Waals surface area (Å²) in [5.74, 6) is 0. The highest BCUT2D eigenvalue weighted by atomic mass is 32.3. The molecule has 0 saturated carbocycles. The van der Waals surface area contributed by atoms with E-state index in [1.807, 2.05) is 0 Å². The van der Waals surface area contributed by atoms with Crippen molar-refractivity contribution in [2.24, 2.45) is 0 Å². The van der Waals surface area contributed by atoms with E-state index in [2.05, 4.69) is 85.9 Å². The van der Waals surface area contributed by atoms with E-state index in [0.29, 0.717) is 0 Å². The molecule has 2 rings (SSSR count). The van der Waals surface area contributed by atoms with E-state index in [1.165, 1.54) is 36.8 Å². The first-order chi connectivity index (χ1) is 14.4. The summed E-state index contributed by atoms with van der Waals surface area (Å²) in [5.41, 5.74) is 2.67. The molecule has 0 aliphatic heterocycles. The summed E-state index contributed by atoms with van der Waals surface area (Å²) < 4.78 is 67.6. The van der Waals surface area contributed by atoms with Gasteiger partial charge < -0.3 is 9.11 Å². The number of hydrogen-bond donors (Lipinski definition) is 0. The molecule has 2 aromatic rings. The molecule has 0 N–H and O–H groups in total. The fourth-order valence-electron chi connectivity index (χ4n) is 2.27. The second-order valence-corrected chi connectivity index (χ2v) is 7.42. The first kappa shape index (κ1) is 31.1. The normalized spacial score (nSPS) is 10.1. The minimum Gasteiger partial charge on any atom is -0.759 e. The fraction of sp³-hybridized carbons (Fsp3) is 0.524. The third-order valence-electron chi connectivity index (χ3n) is 3.55. The van der Waals surface area contributed by atoms with Gasteiger partial charge in [-0.2, -0.15) is 13.2 Å². The zero-order valence-electron chi connectivity index (χ0n) is 18.5. The minimum absolute atomic E-state index is 1.15. The Balaban J connectivity index is 0. The highest BCUT2D eigenvalue weighted by Gasteiger charge is 1.98. The second kappa shape index (κ2) is 18.7. The molecular weight excluding hydrogens is 433 g/mol. The van der Waals surface area contributed by atoms with Crippen molar-refractivity contribution in [2.45, 2.75) is 73.1 Å². The van der Waals surface area contributed by atoms with Crippen LogP contribution in [0.15, 0.2) is 49.1 Å². The molecular formula is C21H33F3N2O4S. The smallest absolute Gasteiger partial charge is 0.379 e. The molecule has 6 nitrogen and oxygen atoms in total. The summed E-state index contributed by atoms with van der Waals surface area (Å²) in [4.78, 5) is 0. The Kier molecular flexibility index (Phi) is 18.8. The van der Waals surface area contributed by atoms with Crippen molar-refractivity contribution >= 4 is 10.4 Å². The Morgan fingerprint density at radius 1 is 0.839 bits per heavy atom. The third kappa shape index (κ3) is 28.0. The maximum Gasteiger partial charge on any atom is 0.379 e. The van der Waals surface area contributed by atoms with Crippen LogP contribution < -0.4 is 9.13 Å². The zero-order valence-corrected chi connectivity index (χ0v) is 19.3. The predicted molar refractivity (Wildman–Crippen MR) is 110 cm³/mol. The van der Waals surface area contributed by atoms with E-state index < -0.39 is 17.1 Å². The van der Waals surface area contributed by atoms with Gasteiger partial charge in [-0.05, 0) is 26.0 Å². The van der Waals surface area contributed by atoms with Gasteiger partial charge in [0.2, 0.25) is 0 Å². The lowest BCUT2D eigenvalue weighted by atomic mass is 10.3. The lowest BCUT2D eigenvalue weighted by molar-refractivity contribution is -0.697. The molecule has 0 aliphatic carbocycles. The van der Waals surface area contributed by atoms with Gasteiger partial charge in [-0.3, -0.25) is 8.42 Å². The van der Waals surface area contributed by atoms with Gasteiger partial charge in [0.25, 0.3) is 0 Å². The van der Waals surface area contributed by atoms with E-state index in [-0.39, 0.29) is 0 Å². The summed E-state index contributed by atoms with van der Waals surface area (Å²) in [5, 5.41) is 0. The van der Waals surface area contributed by atoms with E-state index in [9.17, 15) is 13.2 Å². The number of rotatable bonds is 6. The van der Waals surface area contributed by atoms with Crippen molar-refractivity contribution in [2.75, 3.05) is 0 Å². The number of alkyl halides is 3. The summed E-state index contributed by atoms with van der Waals surface area (Å²) in [7, 11) is -5.17. The van der Waals surface area contributed by atoms with Crippen LogP contribution >= 0.6 is 0 Å². The van der Waals surface area contributed by atoms with Crippen LogP contribution in [0.5, 0.6) is 0 Å². The lowest BCUT2D eigenvalue weighted by Gasteiger charge is -2.06. The Hall–Kier alpha value is -2.04. The van der Waals surface area contributed by atoms with Gasteiger partial charge in [0.15, 0.2) is 24.8 Å². The standard InChI is InChI=1S/2C10H16N.CHF3.H2O4S/c2*1-3-4-7-11-8-5-6-10(2)9-11;2-1(3)4;1-5(2,3)4/h2*5-6,8-9H,3-4,7H2,1-2H3;1H;(H2,1,2,3,4)/q2*+1;;/p-2. The first-order valence-electron chi connectivity index (χ1n) is 9.89. The van der Waals surface area contributed by atoms with Gasteiger partial charge in [-0.25, -0.2) is 9.13 Å². The highest BCUT2D eigenvalue weighted by molar-refractivity contribution is 7.79. The average molecular weight is 467 g/mol. The fourth-order valence-corrected chi connectivity index (χ4v) is 2.27. The number of aromatic nitrogens is 2. The molecule has 0 amide bonds. The van der Waals surface area contributed by atoms with E-state index in [1.54, 1.807) is 0 Å². The largest absolute Gasteiger partial charge is 0.759 e. The number of pyridine rings is 2. The van der Waals surface area contributed by atoms with Crippen LogP contribution in [0.2, 0.25) is 0 Å². The molecule has 2 heterocycles. The maximum absolute atomic E-state index is 9.67. The van der Waals surface area contributed by atoms with Gasteiger partial charge >= 0.3 is 6.68 Å². The van der Waals surface area contributed by atoms with Crippen molar-refractivity contribution in [1.29, 1.82) is 0 Å². The summed E-state index contributed by atoms with van der Waals surface area (Å²) in [6.45, 7) is 7.33. The summed E-state index contributed by atoms with van der Waals surface area (Å²) >= 11 is 0. The Morgan fingerprint density at radius 2 is 1.13 bits per heavy atom. The SMILES string of the molecule is CCCC[n+]1cccc(C)c1.CCCC[n+]1cccc(C)c1.FC(F)F.O=S(=O)([O-])[O-]. The molecule has 0 fully saturated rings. The molecule has 0 spiro atoms. The average Bonchev–Trinajstić information content (AvgIpc) is 2.64. The van der Waals surface area contributed by atoms with Crippen LogP contribution in [0.1, 0.15) is 50.7 Å². The molecule has 31 heavy (non-hydrogen) atoms. The molecule has 2 aromatic heterocycles. The molecule has 0 unspecified atom stereocenters. The number of unbranched alkanes of at least 4 members (excludes halogenated alkanes) is 2. The number of halogens is 3. The van der Waals surface area contributed by atoms with Gasteiger partial charge in [-0.1, -0.05) is 26.7 Å². The second-order valence-electron chi connectivity index (χ2n) is 6.60. The lowest BCUT2D eigenvalue weighted by Crippen LogP contribution is -2.32. The first-order valence-corrected chi connectivity index (χ1v) is 11.2. The van der Waals surface area contributed by atoms with Crippen LogP contribution in [0.25, 0.3) is 0 Å². The van der Waals surface area contributed by atoms with Crippen LogP contribution in [0, 0.1) is 13.8 Å². The molecule has 178 valence electrons. The molecule has 10 heteroatoms. The van der Waals surface area contributed by atoms with Gasteiger partial charge in [-0.15, -0.1) is 0 Å². The number of aryl methyl sites for hydroxylation is 4. The molecule has 0 saturated heterocycles. The topological polar surface area (TPSA) is 88.0 Å². The quantitative estimate of drug-likeness (QED) is 0.366.